The number of aliphatic carboxylic acids is 1. The van der Waals surface area contributed by atoms with Crippen molar-refractivity contribution in [2.24, 2.45) is 0 Å². The van der Waals surface area contributed by atoms with E-state index in [0.717, 1.165) is 0 Å². The number of rotatable bonds is 10. The Bertz CT molecular complexity index is 1500. The van der Waals surface area contributed by atoms with E-state index < -0.39 is 47.7 Å². The zero-order valence-electron chi connectivity index (χ0n) is 20.2. The molecule has 1 fully saturated rings. The molecule has 1 saturated heterocycles. The first-order chi connectivity index (χ1) is 18.6. The van der Waals surface area contributed by atoms with Crippen LogP contribution in [0.5, 0.6) is 0 Å². The maximum absolute atomic E-state index is 12.6. The number of carbonyl (C=O) groups is 5. The highest BCUT2D eigenvalue weighted by Gasteiger charge is 2.33. The molecule has 202 valence electrons. The highest BCUT2D eigenvalue weighted by molar-refractivity contribution is 6.01. The summed E-state index contributed by atoms with van der Waals surface area (Å²) >= 11 is 0. The van der Waals surface area contributed by atoms with E-state index in [1.165, 1.54) is 18.3 Å². The summed E-state index contributed by atoms with van der Waals surface area (Å²) < 4.78 is 0. The van der Waals surface area contributed by atoms with Crippen LogP contribution in [0, 0.1) is 0 Å². The van der Waals surface area contributed by atoms with E-state index in [1.807, 2.05) is 0 Å². The molecule has 1 unspecified atom stereocenters. The highest BCUT2D eigenvalue weighted by atomic mass is 16.7. The van der Waals surface area contributed by atoms with Gasteiger partial charge in [-0.25, -0.2) is 19.6 Å². The fraction of sp³-hybridized carbons (Fsp3) is 0.261. The summed E-state index contributed by atoms with van der Waals surface area (Å²) in [5.41, 5.74) is 6.32. The molecule has 1 aliphatic rings. The molecular weight excluding hydrogens is 516 g/mol. The molecule has 0 radical (unpaired) electrons. The standard InChI is InChI=1S/C23H22N8O8/c24-23-29-19-18(21(36)30-23)27-13(10-26-19)9-25-12-3-1-11(2-4-12)20(35)28-14(22(37)38)5-8-17(34)39-31-15(32)6-7-16(31)33/h1-4,10,14,25H,5-9H2,(H,28,35)(H,37,38)(H3,24,26,29,30,36). The maximum atomic E-state index is 12.6. The van der Waals surface area contributed by atoms with Crippen molar-refractivity contribution < 1.29 is 33.9 Å². The number of imide groups is 1. The zero-order valence-corrected chi connectivity index (χ0v) is 20.2. The number of carboxylic acids is 1. The van der Waals surface area contributed by atoms with Crippen molar-refractivity contribution in [1.82, 2.24) is 30.3 Å². The maximum Gasteiger partial charge on any atom is 0.333 e. The lowest BCUT2D eigenvalue weighted by Crippen LogP contribution is -2.41. The second-order valence-electron chi connectivity index (χ2n) is 8.36. The monoisotopic (exact) mass is 538 g/mol. The largest absolute Gasteiger partial charge is 0.480 e. The van der Waals surface area contributed by atoms with Crippen LogP contribution in [-0.2, 0) is 30.6 Å². The Hall–Kier alpha value is -5.41. The van der Waals surface area contributed by atoms with Gasteiger partial charge in [0.1, 0.15) is 6.04 Å². The van der Waals surface area contributed by atoms with Crippen molar-refractivity contribution in [2.75, 3.05) is 11.1 Å². The lowest BCUT2D eigenvalue weighted by molar-refractivity contribution is -0.197. The Morgan fingerprint density at radius 1 is 1.10 bits per heavy atom. The molecule has 3 amide bonds. The number of H-pyrrole nitrogens is 1. The molecule has 16 nitrogen and oxygen atoms in total. The summed E-state index contributed by atoms with van der Waals surface area (Å²) in [6, 6.07) is 4.65. The number of fused-ring (bicyclic) bond motifs is 1. The minimum Gasteiger partial charge on any atom is -0.480 e. The van der Waals surface area contributed by atoms with E-state index in [2.05, 4.69) is 30.6 Å². The summed E-state index contributed by atoms with van der Waals surface area (Å²) in [7, 11) is 0. The van der Waals surface area contributed by atoms with E-state index in [-0.39, 0.29) is 48.5 Å². The minimum absolute atomic E-state index is 0.0368. The predicted molar refractivity (Wildman–Crippen MR) is 131 cm³/mol. The van der Waals surface area contributed by atoms with Crippen molar-refractivity contribution in [2.45, 2.75) is 38.3 Å². The molecule has 6 N–H and O–H groups in total. The molecule has 39 heavy (non-hydrogen) atoms. The van der Waals surface area contributed by atoms with Crippen molar-refractivity contribution in [1.29, 1.82) is 0 Å². The lowest BCUT2D eigenvalue weighted by Gasteiger charge is -2.16. The lowest BCUT2D eigenvalue weighted by atomic mass is 10.1. The topological polar surface area (TPSA) is 240 Å². The normalized spacial score (nSPS) is 13.8. The molecular formula is C23H22N8O8. The number of hydrogen-bond donors (Lipinski definition) is 5. The summed E-state index contributed by atoms with van der Waals surface area (Å²) in [5.74, 6) is -4.43. The number of benzene rings is 1. The van der Waals surface area contributed by atoms with Crippen LogP contribution in [0.15, 0.2) is 35.3 Å². The van der Waals surface area contributed by atoms with E-state index in [0.29, 0.717) is 16.4 Å². The summed E-state index contributed by atoms with van der Waals surface area (Å²) in [6.45, 7) is 0.199. The molecule has 3 heterocycles. The van der Waals surface area contributed by atoms with Gasteiger partial charge in [0.05, 0.1) is 24.9 Å². The third-order valence-corrected chi connectivity index (χ3v) is 5.55. The summed E-state index contributed by atoms with van der Waals surface area (Å²) in [5, 5.41) is 15.2. The minimum atomic E-state index is -1.42. The van der Waals surface area contributed by atoms with E-state index >= 15 is 0 Å². The number of aromatic amines is 1. The second-order valence-corrected chi connectivity index (χ2v) is 8.36. The van der Waals surface area contributed by atoms with Crippen molar-refractivity contribution in [3.8, 4) is 0 Å². The van der Waals surface area contributed by atoms with E-state index in [4.69, 9.17) is 10.6 Å². The molecule has 0 bridgehead atoms. The van der Waals surface area contributed by atoms with Gasteiger partial charge in [-0.3, -0.25) is 24.2 Å². The zero-order chi connectivity index (χ0) is 28.1. The van der Waals surface area contributed by atoms with Crippen LogP contribution in [0.25, 0.3) is 11.2 Å². The van der Waals surface area contributed by atoms with Gasteiger partial charge >= 0.3 is 11.9 Å². The van der Waals surface area contributed by atoms with Gasteiger partial charge in [0.25, 0.3) is 23.3 Å². The SMILES string of the molecule is Nc1nc2ncc(CNc3ccc(C(=O)NC(CCC(=O)ON4C(=O)CCC4=O)C(=O)O)cc3)nc2c(=O)[nH]1. The molecule has 3 aromatic rings. The van der Waals surface area contributed by atoms with Gasteiger partial charge in [-0.15, -0.1) is 5.06 Å². The van der Waals surface area contributed by atoms with Crippen molar-refractivity contribution in [3.05, 3.63) is 52.1 Å². The van der Waals surface area contributed by atoms with Gasteiger partial charge in [0.15, 0.2) is 11.2 Å². The number of carboxylic acid groups (broad SMARTS) is 1. The van der Waals surface area contributed by atoms with Gasteiger partial charge < -0.3 is 26.3 Å². The van der Waals surface area contributed by atoms with Crippen LogP contribution in [-0.4, -0.2) is 65.8 Å². The second kappa shape index (κ2) is 11.3. The van der Waals surface area contributed by atoms with Gasteiger partial charge in [-0.1, -0.05) is 0 Å². The fourth-order valence-corrected chi connectivity index (χ4v) is 3.55. The van der Waals surface area contributed by atoms with Crippen molar-refractivity contribution >= 4 is 52.5 Å². The first kappa shape index (κ1) is 26.6. The van der Waals surface area contributed by atoms with Crippen molar-refractivity contribution in [3.63, 3.8) is 0 Å². The number of nitrogens with two attached hydrogens (primary N) is 1. The Morgan fingerprint density at radius 2 is 1.79 bits per heavy atom. The number of carbonyl (C=O) groups excluding carboxylic acids is 4. The molecule has 4 rings (SSSR count). The highest BCUT2D eigenvalue weighted by Crippen LogP contribution is 2.15. The van der Waals surface area contributed by atoms with E-state index in [9.17, 15) is 33.9 Å². The van der Waals surface area contributed by atoms with Crippen LogP contribution in [0.3, 0.4) is 0 Å². The number of nitrogens with zero attached hydrogens (tertiary/aromatic N) is 4. The molecule has 0 aliphatic carbocycles. The third-order valence-electron chi connectivity index (χ3n) is 5.55. The average molecular weight is 538 g/mol. The number of nitrogens with one attached hydrogen (secondary N) is 3. The predicted octanol–water partition coefficient (Wildman–Crippen LogP) is -0.522. The van der Waals surface area contributed by atoms with Crippen LogP contribution >= 0.6 is 0 Å². The van der Waals surface area contributed by atoms with Crippen LogP contribution in [0.1, 0.15) is 41.7 Å². The Balaban J connectivity index is 1.30. The number of anilines is 2. The Labute approximate surface area is 218 Å². The number of hydroxylamine groups is 2. The first-order valence-corrected chi connectivity index (χ1v) is 11.6. The van der Waals surface area contributed by atoms with Gasteiger partial charge in [0, 0.05) is 24.1 Å². The quantitative estimate of drug-likeness (QED) is 0.204. The average Bonchev–Trinajstić information content (AvgIpc) is 3.22. The molecule has 0 spiro atoms. The summed E-state index contributed by atoms with van der Waals surface area (Å²) in [4.78, 5) is 90.4. The molecule has 16 heteroatoms. The number of amides is 3. The third kappa shape index (κ3) is 6.48. The van der Waals surface area contributed by atoms with Crippen LogP contribution in [0.2, 0.25) is 0 Å². The van der Waals surface area contributed by atoms with Gasteiger partial charge in [-0.2, -0.15) is 4.98 Å². The van der Waals surface area contributed by atoms with Crippen LogP contribution in [0.4, 0.5) is 11.6 Å². The Morgan fingerprint density at radius 3 is 2.46 bits per heavy atom. The summed E-state index contributed by atoms with van der Waals surface area (Å²) in [6.07, 6.45) is 0.518. The van der Waals surface area contributed by atoms with Gasteiger partial charge in [-0.05, 0) is 30.7 Å². The molecule has 1 aliphatic heterocycles. The first-order valence-electron chi connectivity index (χ1n) is 11.6. The fourth-order valence-electron chi connectivity index (χ4n) is 3.55. The molecule has 2 aromatic heterocycles. The smallest absolute Gasteiger partial charge is 0.333 e. The number of hydrogen-bond acceptors (Lipinski definition) is 12. The Kier molecular flexibility index (Phi) is 7.74. The van der Waals surface area contributed by atoms with Crippen LogP contribution < -0.4 is 21.9 Å². The molecule has 0 saturated carbocycles. The molecule has 1 aromatic carbocycles. The number of aromatic nitrogens is 4. The van der Waals surface area contributed by atoms with Gasteiger partial charge in [0.2, 0.25) is 5.95 Å². The number of nitrogen functional groups attached to an aromatic ring is 1. The van der Waals surface area contributed by atoms with E-state index in [1.54, 1.807) is 12.1 Å². The molecule has 1 atom stereocenters.